The molecule has 1 N–H and O–H groups in total. The van der Waals surface area contributed by atoms with E-state index in [-0.39, 0.29) is 0 Å². The van der Waals surface area contributed by atoms with Crippen molar-refractivity contribution in [3.63, 3.8) is 0 Å². The molecule has 5 heteroatoms. The number of rotatable bonds is 2. The summed E-state index contributed by atoms with van der Waals surface area (Å²) >= 11 is 0. The second-order valence-corrected chi connectivity index (χ2v) is 6.18. The Balaban J connectivity index is 1.53. The van der Waals surface area contributed by atoms with Gasteiger partial charge in [-0.1, -0.05) is 0 Å². The van der Waals surface area contributed by atoms with Crippen molar-refractivity contribution >= 4 is 5.82 Å². The van der Waals surface area contributed by atoms with Gasteiger partial charge in [0.2, 0.25) is 0 Å². The van der Waals surface area contributed by atoms with Crippen LogP contribution in [0.25, 0.3) is 0 Å². The fraction of sp³-hybridized carbons (Fsp3) is 0.733. The molecule has 0 aliphatic carbocycles. The summed E-state index contributed by atoms with van der Waals surface area (Å²) in [5.74, 6) is 1.18. The van der Waals surface area contributed by atoms with E-state index in [4.69, 9.17) is 0 Å². The average molecular weight is 273 g/mol. The number of hydrogen-bond donors (Lipinski definition) is 1. The zero-order valence-corrected chi connectivity index (χ0v) is 12.0. The Labute approximate surface area is 120 Å². The number of hydrogen-bond acceptors (Lipinski definition) is 5. The molecule has 0 spiro atoms. The topological polar surface area (TPSA) is 44.3 Å². The number of fused-ring (bicyclic) bond motifs is 1. The number of anilines is 1. The molecule has 0 bridgehead atoms. The average Bonchev–Trinajstić information content (AvgIpc) is 3.17. The Kier molecular flexibility index (Phi) is 3.32. The smallest absolute Gasteiger partial charge is 0.136 e. The van der Waals surface area contributed by atoms with Crippen LogP contribution in [0.3, 0.4) is 0 Å². The van der Waals surface area contributed by atoms with E-state index in [1.807, 2.05) is 0 Å². The number of likely N-dealkylation sites (tertiary alicyclic amines) is 1. The molecule has 3 aliphatic heterocycles. The van der Waals surface area contributed by atoms with Crippen molar-refractivity contribution in [3.8, 4) is 0 Å². The predicted molar refractivity (Wildman–Crippen MR) is 78.9 cm³/mol. The molecule has 1 unspecified atom stereocenters. The van der Waals surface area contributed by atoms with Gasteiger partial charge in [0.25, 0.3) is 0 Å². The number of nitrogens with one attached hydrogen (secondary N) is 1. The maximum absolute atomic E-state index is 4.59. The van der Waals surface area contributed by atoms with Gasteiger partial charge < -0.3 is 10.2 Å². The fourth-order valence-electron chi connectivity index (χ4n) is 3.87. The van der Waals surface area contributed by atoms with E-state index in [9.17, 15) is 0 Å². The standard InChI is InChI=1S/C15H23N5/c1-2-7-19(6-1)12-4-8-20(10-12)15-13-9-16-5-3-14(13)17-11-18-15/h11-12,16H,1-10H2. The minimum absolute atomic E-state index is 0.736. The SMILES string of the molecule is c1nc2c(c(N3CCC(N4CCCC4)C3)n1)CNCC2. The molecule has 1 aromatic heterocycles. The van der Waals surface area contributed by atoms with Crippen LogP contribution in [-0.4, -0.2) is 53.6 Å². The first kappa shape index (κ1) is 12.5. The van der Waals surface area contributed by atoms with Crippen molar-refractivity contribution in [2.24, 2.45) is 0 Å². The van der Waals surface area contributed by atoms with Gasteiger partial charge in [0.15, 0.2) is 0 Å². The third-order valence-corrected chi connectivity index (χ3v) is 4.97. The minimum atomic E-state index is 0.736. The maximum Gasteiger partial charge on any atom is 0.136 e. The molecule has 108 valence electrons. The highest BCUT2D eigenvalue weighted by Crippen LogP contribution is 2.28. The van der Waals surface area contributed by atoms with E-state index in [1.165, 1.54) is 49.4 Å². The normalized spacial score (nSPS) is 27.0. The summed E-state index contributed by atoms with van der Waals surface area (Å²) in [4.78, 5) is 14.2. The lowest BCUT2D eigenvalue weighted by Crippen LogP contribution is -2.36. The van der Waals surface area contributed by atoms with Crippen LogP contribution in [-0.2, 0) is 13.0 Å². The summed E-state index contributed by atoms with van der Waals surface area (Å²) in [5.41, 5.74) is 2.58. The summed E-state index contributed by atoms with van der Waals surface area (Å²) in [6.45, 7) is 6.84. The summed E-state index contributed by atoms with van der Waals surface area (Å²) in [6.07, 6.45) is 6.83. The predicted octanol–water partition coefficient (Wildman–Crippen LogP) is 0.797. The maximum atomic E-state index is 4.59. The molecular formula is C15H23N5. The summed E-state index contributed by atoms with van der Waals surface area (Å²) in [6, 6.07) is 0.736. The molecule has 0 saturated carbocycles. The number of aromatic nitrogens is 2. The Morgan fingerprint density at radius 2 is 2.05 bits per heavy atom. The quantitative estimate of drug-likeness (QED) is 0.863. The third-order valence-electron chi connectivity index (χ3n) is 4.97. The summed E-state index contributed by atoms with van der Waals surface area (Å²) < 4.78 is 0. The molecule has 0 aromatic carbocycles. The van der Waals surface area contributed by atoms with E-state index in [2.05, 4.69) is 25.1 Å². The van der Waals surface area contributed by atoms with Crippen molar-refractivity contribution in [1.82, 2.24) is 20.2 Å². The second-order valence-electron chi connectivity index (χ2n) is 6.18. The molecule has 4 heterocycles. The van der Waals surface area contributed by atoms with Crippen LogP contribution in [0.2, 0.25) is 0 Å². The molecule has 20 heavy (non-hydrogen) atoms. The third kappa shape index (κ3) is 2.19. The lowest BCUT2D eigenvalue weighted by Gasteiger charge is -2.26. The van der Waals surface area contributed by atoms with Gasteiger partial charge >= 0.3 is 0 Å². The van der Waals surface area contributed by atoms with Crippen LogP contribution in [0, 0.1) is 0 Å². The largest absolute Gasteiger partial charge is 0.355 e. The molecule has 1 atom stereocenters. The molecular weight excluding hydrogens is 250 g/mol. The molecule has 2 saturated heterocycles. The van der Waals surface area contributed by atoms with E-state index >= 15 is 0 Å². The van der Waals surface area contributed by atoms with Crippen molar-refractivity contribution in [2.45, 2.75) is 38.3 Å². The zero-order valence-electron chi connectivity index (χ0n) is 12.0. The number of nitrogens with zero attached hydrogens (tertiary/aromatic N) is 4. The first-order chi connectivity index (χ1) is 9.92. The van der Waals surface area contributed by atoms with E-state index in [1.54, 1.807) is 6.33 Å². The highest BCUT2D eigenvalue weighted by atomic mass is 15.3. The highest BCUT2D eigenvalue weighted by molar-refractivity contribution is 5.50. The van der Waals surface area contributed by atoms with E-state index in [0.717, 1.165) is 38.6 Å². The highest BCUT2D eigenvalue weighted by Gasteiger charge is 2.31. The molecule has 5 nitrogen and oxygen atoms in total. The Morgan fingerprint density at radius 3 is 2.95 bits per heavy atom. The van der Waals surface area contributed by atoms with E-state index in [0.29, 0.717) is 0 Å². The van der Waals surface area contributed by atoms with Gasteiger partial charge in [-0.05, 0) is 32.4 Å². The molecule has 0 amide bonds. The van der Waals surface area contributed by atoms with Crippen molar-refractivity contribution in [2.75, 3.05) is 37.6 Å². The van der Waals surface area contributed by atoms with Gasteiger partial charge in [0.05, 0.1) is 5.69 Å². The molecule has 0 radical (unpaired) electrons. The van der Waals surface area contributed by atoms with Crippen LogP contribution in [0.5, 0.6) is 0 Å². The zero-order chi connectivity index (χ0) is 13.4. The van der Waals surface area contributed by atoms with Crippen molar-refractivity contribution in [3.05, 3.63) is 17.6 Å². The summed E-state index contributed by atoms with van der Waals surface area (Å²) in [5, 5.41) is 3.45. The van der Waals surface area contributed by atoms with Crippen molar-refractivity contribution in [1.29, 1.82) is 0 Å². The van der Waals surface area contributed by atoms with Crippen molar-refractivity contribution < 1.29 is 0 Å². The monoisotopic (exact) mass is 273 g/mol. The second kappa shape index (κ2) is 5.30. The van der Waals surface area contributed by atoms with Gasteiger partial charge in [-0.15, -0.1) is 0 Å². The van der Waals surface area contributed by atoms with Crippen LogP contribution >= 0.6 is 0 Å². The van der Waals surface area contributed by atoms with Gasteiger partial charge in [-0.3, -0.25) is 4.90 Å². The van der Waals surface area contributed by atoms with Crippen LogP contribution in [0.15, 0.2) is 6.33 Å². The van der Waals surface area contributed by atoms with Gasteiger partial charge in [0.1, 0.15) is 12.1 Å². The van der Waals surface area contributed by atoms with Crippen LogP contribution in [0.4, 0.5) is 5.82 Å². The van der Waals surface area contributed by atoms with E-state index < -0.39 is 0 Å². The summed E-state index contributed by atoms with van der Waals surface area (Å²) in [7, 11) is 0. The lowest BCUT2D eigenvalue weighted by atomic mass is 10.1. The molecule has 1 aromatic rings. The Morgan fingerprint density at radius 1 is 1.15 bits per heavy atom. The first-order valence-electron chi connectivity index (χ1n) is 7.94. The van der Waals surface area contributed by atoms with Crippen LogP contribution < -0.4 is 10.2 Å². The Hall–Kier alpha value is -1.20. The minimum Gasteiger partial charge on any atom is -0.355 e. The first-order valence-corrected chi connectivity index (χ1v) is 7.94. The fourth-order valence-corrected chi connectivity index (χ4v) is 3.87. The van der Waals surface area contributed by atoms with Gasteiger partial charge in [0, 0.05) is 44.2 Å². The van der Waals surface area contributed by atoms with Gasteiger partial charge in [-0.25, -0.2) is 9.97 Å². The lowest BCUT2D eigenvalue weighted by molar-refractivity contribution is 0.260. The molecule has 4 rings (SSSR count). The van der Waals surface area contributed by atoms with Gasteiger partial charge in [-0.2, -0.15) is 0 Å². The molecule has 3 aliphatic rings. The van der Waals surface area contributed by atoms with Crippen LogP contribution in [0.1, 0.15) is 30.5 Å². The Bertz CT molecular complexity index is 483. The molecule has 2 fully saturated rings.